The molecule has 2 atom stereocenters. The second kappa shape index (κ2) is 14.8. The minimum atomic E-state index is -0.833. The molecule has 10 heteroatoms. The van der Waals surface area contributed by atoms with Crippen molar-refractivity contribution >= 4 is 23.3 Å². The number of carbonyl (C=O) groups is 2. The molecule has 39 heavy (non-hydrogen) atoms. The van der Waals surface area contributed by atoms with E-state index in [2.05, 4.69) is 58.6 Å². The summed E-state index contributed by atoms with van der Waals surface area (Å²) in [6, 6.07) is 7.75. The van der Waals surface area contributed by atoms with Crippen LogP contribution in [0.1, 0.15) is 61.0 Å². The van der Waals surface area contributed by atoms with E-state index in [4.69, 9.17) is 19.8 Å². The molecule has 0 unspecified atom stereocenters. The van der Waals surface area contributed by atoms with E-state index in [1.165, 1.54) is 16.9 Å². The van der Waals surface area contributed by atoms with Crippen LogP contribution in [0.5, 0.6) is 0 Å². The van der Waals surface area contributed by atoms with Gasteiger partial charge in [-0.1, -0.05) is 0 Å². The fourth-order valence-electron chi connectivity index (χ4n) is 5.23. The fraction of sp³-hybridized carbons (Fsp3) is 0.724. The van der Waals surface area contributed by atoms with Crippen molar-refractivity contribution in [3.63, 3.8) is 0 Å². The lowest BCUT2D eigenvalue weighted by Gasteiger charge is -2.44. The Morgan fingerprint density at radius 2 is 1.38 bits per heavy atom. The van der Waals surface area contributed by atoms with Crippen molar-refractivity contribution in [3.8, 4) is 0 Å². The zero-order valence-corrected chi connectivity index (χ0v) is 25.4. The van der Waals surface area contributed by atoms with E-state index >= 15 is 0 Å². The molecule has 2 heterocycles. The number of hydrogen-bond acceptors (Lipinski definition) is 8. The Labute approximate surface area is 234 Å². The van der Waals surface area contributed by atoms with Gasteiger partial charge in [-0.15, -0.1) is 0 Å². The first kappa shape index (κ1) is 34.6. The van der Waals surface area contributed by atoms with Gasteiger partial charge in [-0.25, -0.2) is 0 Å². The van der Waals surface area contributed by atoms with Crippen LogP contribution in [0, 0.1) is 6.92 Å². The first-order valence-corrected chi connectivity index (χ1v) is 13.7. The molecule has 1 aromatic rings. The van der Waals surface area contributed by atoms with E-state index in [-0.39, 0.29) is 0 Å². The monoisotopic (exact) mass is 552 g/mol. The Morgan fingerprint density at radius 1 is 0.846 bits per heavy atom. The lowest BCUT2D eigenvalue weighted by Crippen LogP contribution is -2.55. The summed E-state index contributed by atoms with van der Waals surface area (Å²) in [6.07, 6.45) is 0. The number of piperazine rings is 2. The lowest BCUT2D eigenvalue weighted by molar-refractivity contribution is -0.135. The quantitative estimate of drug-likeness (QED) is 0.418. The largest absolute Gasteiger partial charge is 0.481 e. The van der Waals surface area contributed by atoms with Crippen LogP contribution in [0.4, 0.5) is 11.4 Å². The minimum Gasteiger partial charge on any atom is -0.481 e. The van der Waals surface area contributed by atoms with Crippen LogP contribution in [0.15, 0.2) is 18.2 Å². The first-order valence-electron chi connectivity index (χ1n) is 13.7. The van der Waals surface area contributed by atoms with Crippen molar-refractivity contribution < 1.29 is 30.0 Å². The number of benzene rings is 1. The Kier molecular flexibility index (Phi) is 13.2. The molecule has 4 N–H and O–H groups in total. The molecule has 1 aromatic carbocycles. The molecular weight excluding hydrogens is 500 g/mol. The van der Waals surface area contributed by atoms with Gasteiger partial charge >= 0.3 is 0 Å². The first-order chi connectivity index (χ1) is 17.8. The van der Waals surface area contributed by atoms with Crippen molar-refractivity contribution in [2.45, 2.75) is 85.6 Å². The van der Waals surface area contributed by atoms with Crippen molar-refractivity contribution in [1.82, 2.24) is 9.80 Å². The highest BCUT2D eigenvalue weighted by molar-refractivity contribution is 5.63. The third-order valence-corrected chi connectivity index (χ3v) is 6.53. The third kappa shape index (κ3) is 13.5. The second-order valence-electron chi connectivity index (χ2n) is 12.2. The van der Waals surface area contributed by atoms with Gasteiger partial charge in [0.2, 0.25) is 0 Å². The molecule has 2 saturated heterocycles. The number of anilines is 2. The van der Waals surface area contributed by atoms with Crippen LogP contribution in [0.2, 0.25) is 0 Å². The number of carboxylic acid groups (broad SMARTS) is 2. The molecule has 0 spiro atoms. The van der Waals surface area contributed by atoms with Crippen LogP contribution in [-0.4, -0.2) is 118 Å². The average molecular weight is 553 g/mol. The Morgan fingerprint density at radius 3 is 1.82 bits per heavy atom. The molecule has 2 aliphatic rings. The summed E-state index contributed by atoms with van der Waals surface area (Å²) >= 11 is 0. The fourth-order valence-corrected chi connectivity index (χ4v) is 5.23. The molecule has 0 bridgehead atoms. The summed E-state index contributed by atoms with van der Waals surface area (Å²) in [6.45, 7) is 23.8. The Bertz CT molecular complexity index is 907. The third-order valence-electron chi connectivity index (χ3n) is 6.53. The second-order valence-corrected chi connectivity index (χ2v) is 12.2. The Balaban J connectivity index is 0.000000838. The van der Waals surface area contributed by atoms with E-state index in [0.717, 1.165) is 66.2 Å². The molecule has 0 radical (unpaired) electrons. The molecule has 224 valence electrons. The van der Waals surface area contributed by atoms with Gasteiger partial charge in [-0.2, -0.15) is 0 Å². The van der Waals surface area contributed by atoms with Gasteiger partial charge in [-0.05, 0) is 72.2 Å². The zero-order chi connectivity index (χ0) is 30.1. The molecule has 10 nitrogen and oxygen atoms in total. The van der Waals surface area contributed by atoms with Crippen LogP contribution < -0.4 is 9.80 Å². The van der Waals surface area contributed by atoms with E-state index in [9.17, 15) is 10.2 Å². The number of carboxylic acids is 2. The predicted molar refractivity (Wildman–Crippen MR) is 157 cm³/mol. The van der Waals surface area contributed by atoms with Crippen LogP contribution in [-0.2, 0) is 9.59 Å². The van der Waals surface area contributed by atoms with Crippen LogP contribution in [0.25, 0.3) is 0 Å². The van der Waals surface area contributed by atoms with Gasteiger partial charge < -0.3 is 30.2 Å². The zero-order valence-electron chi connectivity index (χ0n) is 25.4. The molecule has 0 aromatic heterocycles. The van der Waals surface area contributed by atoms with Crippen LogP contribution in [0.3, 0.4) is 0 Å². The highest BCUT2D eigenvalue weighted by Gasteiger charge is 2.30. The predicted octanol–water partition coefficient (Wildman–Crippen LogP) is 2.74. The summed E-state index contributed by atoms with van der Waals surface area (Å²) in [5.41, 5.74) is 2.65. The van der Waals surface area contributed by atoms with Crippen LogP contribution >= 0.6 is 0 Å². The summed E-state index contributed by atoms with van der Waals surface area (Å²) in [4.78, 5) is 27.8. The van der Waals surface area contributed by atoms with Gasteiger partial charge in [0.25, 0.3) is 11.9 Å². The highest BCUT2D eigenvalue weighted by Crippen LogP contribution is 2.30. The molecule has 0 aliphatic carbocycles. The topological polar surface area (TPSA) is 128 Å². The maximum atomic E-state index is 10.2. The normalized spacial score (nSPS) is 20.9. The molecular formula is C29H52N4O6. The van der Waals surface area contributed by atoms with E-state index < -0.39 is 23.1 Å². The summed E-state index contributed by atoms with van der Waals surface area (Å²) in [5, 5.41) is 35.2. The van der Waals surface area contributed by atoms with Gasteiger partial charge in [-0.3, -0.25) is 19.4 Å². The van der Waals surface area contributed by atoms with Crippen molar-refractivity contribution in [2.75, 3.05) is 62.2 Å². The summed E-state index contributed by atoms with van der Waals surface area (Å²) in [7, 11) is 0. The number of aryl methyl sites for hydroxylation is 1. The van der Waals surface area contributed by atoms with Crippen molar-refractivity contribution in [2.24, 2.45) is 0 Å². The van der Waals surface area contributed by atoms with E-state index in [0.29, 0.717) is 12.1 Å². The standard InChI is InChI=1S/C25H44N4O2.2C2H4O2/c1-19-14-22(29-13-10-26(15-21(29)3)17-24(4,5)30)8-9-23(19)27-11-12-28(20(2)16-27)18-25(6,7)31;2*1-2(3)4/h8-9,14,20-21,30-31H,10-13,15-18H2,1-7H3;2*1H3,(H,3,4)/t20-,21-;;/m1../s1. The minimum absolute atomic E-state index is 0.420. The Hall–Kier alpha value is -2.40. The molecule has 3 rings (SSSR count). The number of hydrogen-bond donors (Lipinski definition) is 4. The number of rotatable bonds is 6. The van der Waals surface area contributed by atoms with Gasteiger partial charge in [0, 0.05) is 89.7 Å². The van der Waals surface area contributed by atoms with Gasteiger partial charge in [0.05, 0.1) is 11.2 Å². The van der Waals surface area contributed by atoms with Crippen molar-refractivity contribution in [3.05, 3.63) is 23.8 Å². The summed E-state index contributed by atoms with van der Waals surface area (Å²) < 4.78 is 0. The number of β-amino-alcohol motifs (C(OH)–C–C–N with tert-alkyl or cyclic N) is 2. The maximum Gasteiger partial charge on any atom is 0.300 e. The molecule has 2 aliphatic heterocycles. The smallest absolute Gasteiger partial charge is 0.300 e. The molecule has 0 amide bonds. The van der Waals surface area contributed by atoms with E-state index in [1.54, 1.807) is 0 Å². The lowest BCUT2D eigenvalue weighted by atomic mass is 10.0. The highest BCUT2D eigenvalue weighted by atomic mass is 16.4. The number of nitrogens with zero attached hydrogens (tertiary/aromatic N) is 4. The SMILES string of the molecule is CC(=O)O.CC(=O)O.Cc1cc(N2CCN(CC(C)(C)O)C[C@H]2C)ccc1N1CCN(CC(C)(C)O)[C@H](C)C1. The number of aliphatic carboxylic acids is 2. The maximum absolute atomic E-state index is 10.2. The number of aliphatic hydroxyl groups is 2. The van der Waals surface area contributed by atoms with Crippen molar-refractivity contribution in [1.29, 1.82) is 0 Å². The van der Waals surface area contributed by atoms with E-state index in [1.807, 2.05) is 27.7 Å². The summed E-state index contributed by atoms with van der Waals surface area (Å²) in [5.74, 6) is -1.67. The average Bonchev–Trinajstić information content (AvgIpc) is 2.72. The van der Waals surface area contributed by atoms with Gasteiger partial charge in [0.15, 0.2) is 0 Å². The molecule has 0 saturated carbocycles. The molecule has 2 fully saturated rings. The van der Waals surface area contributed by atoms with Gasteiger partial charge in [0.1, 0.15) is 0 Å².